The second kappa shape index (κ2) is 6.86. The van der Waals surface area contributed by atoms with Crippen molar-refractivity contribution in [2.75, 3.05) is 4.72 Å². The number of rotatable bonds is 5. The van der Waals surface area contributed by atoms with Crippen LogP contribution in [0.25, 0.3) is 20.9 Å². The van der Waals surface area contributed by atoms with E-state index in [0.29, 0.717) is 5.69 Å². The van der Waals surface area contributed by atoms with Crippen LogP contribution >= 0.6 is 11.3 Å². The summed E-state index contributed by atoms with van der Waals surface area (Å²) in [4.78, 5) is 9.74. The third-order valence-corrected chi connectivity index (χ3v) is 6.06. The van der Waals surface area contributed by atoms with Gasteiger partial charge in [0.1, 0.15) is 15.4 Å². The van der Waals surface area contributed by atoms with Gasteiger partial charge in [-0.1, -0.05) is 41.7 Å². The van der Waals surface area contributed by atoms with Gasteiger partial charge in [-0.2, -0.15) is 0 Å². The maximum atomic E-state index is 12.3. The summed E-state index contributed by atoms with van der Waals surface area (Å²) in [7, 11) is -3.46. The number of hydrogen-bond acceptors (Lipinski definition) is 5. The van der Waals surface area contributed by atoms with Gasteiger partial charge in [0, 0.05) is 17.4 Å². The second-order valence-corrected chi connectivity index (χ2v) is 8.47. The van der Waals surface area contributed by atoms with Crippen LogP contribution in [0.2, 0.25) is 0 Å². The summed E-state index contributed by atoms with van der Waals surface area (Å²) in [6.45, 7) is 0. The molecule has 4 rings (SSSR count). The summed E-state index contributed by atoms with van der Waals surface area (Å²) in [5.41, 5.74) is 3.07. The molecular weight excluding hydrogens is 366 g/mol. The van der Waals surface area contributed by atoms with Crippen molar-refractivity contribution in [1.82, 2.24) is 9.97 Å². The standard InChI is InChI=1S/C19H15N3O2S2/c23-26(24,13-14-5-2-1-3-6-14)22-16-10-8-15(9-11-16)18-21-17-7-4-12-20-19(17)25-18/h1-12,22H,13H2. The smallest absolute Gasteiger partial charge is 0.236 e. The average molecular weight is 381 g/mol. The van der Waals surface area contributed by atoms with E-state index < -0.39 is 10.0 Å². The summed E-state index contributed by atoms with van der Waals surface area (Å²) in [5.74, 6) is -0.0564. The van der Waals surface area contributed by atoms with E-state index in [-0.39, 0.29) is 5.75 Å². The van der Waals surface area contributed by atoms with Crippen LogP contribution in [0.15, 0.2) is 72.9 Å². The number of benzene rings is 2. The number of sulfonamides is 1. The van der Waals surface area contributed by atoms with Gasteiger partial charge in [-0.15, -0.1) is 0 Å². The van der Waals surface area contributed by atoms with Gasteiger partial charge >= 0.3 is 0 Å². The fraction of sp³-hybridized carbons (Fsp3) is 0.0526. The highest BCUT2D eigenvalue weighted by molar-refractivity contribution is 7.91. The van der Waals surface area contributed by atoms with Gasteiger partial charge in [-0.3, -0.25) is 4.72 Å². The van der Waals surface area contributed by atoms with Crippen molar-refractivity contribution in [3.8, 4) is 10.6 Å². The summed E-state index contributed by atoms with van der Waals surface area (Å²) >= 11 is 1.51. The molecule has 0 aliphatic rings. The van der Waals surface area contributed by atoms with E-state index in [1.165, 1.54) is 11.3 Å². The predicted octanol–water partition coefficient (Wildman–Crippen LogP) is 4.30. The van der Waals surface area contributed by atoms with Crippen molar-refractivity contribution >= 4 is 37.4 Å². The Labute approximate surface area is 155 Å². The highest BCUT2D eigenvalue weighted by atomic mass is 32.2. The molecule has 2 aromatic heterocycles. The van der Waals surface area contributed by atoms with E-state index >= 15 is 0 Å². The molecule has 2 heterocycles. The minimum absolute atomic E-state index is 0.0564. The van der Waals surface area contributed by atoms with Gasteiger partial charge in [-0.05, 0) is 42.0 Å². The van der Waals surface area contributed by atoms with Crippen molar-refractivity contribution in [1.29, 1.82) is 0 Å². The van der Waals surface area contributed by atoms with Crippen LogP contribution in [0.4, 0.5) is 5.69 Å². The fourth-order valence-electron chi connectivity index (χ4n) is 2.58. The Kier molecular flexibility index (Phi) is 4.40. The monoisotopic (exact) mass is 381 g/mol. The Morgan fingerprint density at radius 2 is 1.69 bits per heavy atom. The summed E-state index contributed by atoms with van der Waals surface area (Å²) in [6.07, 6.45) is 1.74. The van der Waals surface area contributed by atoms with Crippen LogP contribution in [0.3, 0.4) is 0 Å². The highest BCUT2D eigenvalue weighted by Gasteiger charge is 2.12. The zero-order chi connectivity index (χ0) is 18.0. The number of hydrogen-bond donors (Lipinski definition) is 1. The van der Waals surface area contributed by atoms with Crippen LogP contribution < -0.4 is 4.72 Å². The van der Waals surface area contributed by atoms with Gasteiger partial charge < -0.3 is 0 Å². The minimum atomic E-state index is -3.46. The molecule has 0 fully saturated rings. The maximum Gasteiger partial charge on any atom is 0.236 e. The Morgan fingerprint density at radius 1 is 0.923 bits per heavy atom. The van der Waals surface area contributed by atoms with E-state index in [2.05, 4.69) is 14.7 Å². The van der Waals surface area contributed by atoms with Crippen LogP contribution in [0.1, 0.15) is 5.56 Å². The van der Waals surface area contributed by atoms with E-state index in [1.54, 1.807) is 30.5 Å². The number of fused-ring (bicyclic) bond motifs is 1. The van der Waals surface area contributed by atoms with Crippen LogP contribution in [-0.4, -0.2) is 18.4 Å². The number of thiazole rings is 1. The number of nitrogens with one attached hydrogen (secondary N) is 1. The fourth-order valence-corrected chi connectivity index (χ4v) is 4.70. The van der Waals surface area contributed by atoms with Crippen molar-refractivity contribution in [2.45, 2.75) is 5.75 Å². The molecule has 0 aliphatic carbocycles. The maximum absolute atomic E-state index is 12.3. The predicted molar refractivity (Wildman–Crippen MR) is 106 cm³/mol. The molecule has 4 aromatic rings. The molecule has 0 saturated heterocycles. The number of pyridine rings is 1. The minimum Gasteiger partial charge on any atom is -0.283 e. The molecule has 0 bridgehead atoms. The van der Waals surface area contributed by atoms with E-state index in [0.717, 1.165) is 26.5 Å². The molecule has 7 heteroatoms. The van der Waals surface area contributed by atoms with Crippen LogP contribution in [-0.2, 0) is 15.8 Å². The molecule has 130 valence electrons. The zero-order valence-corrected chi connectivity index (χ0v) is 15.3. The average Bonchev–Trinajstić information content (AvgIpc) is 3.06. The summed E-state index contributed by atoms with van der Waals surface area (Å²) in [5, 5.41) is 0.859. The molecule has 0 aliphatic heterocycles. The molecule has 1 N–H and O–H groups in total. The summed E-state index contributed by atoms with van der Waals surface area (Å²) < 4.78 is 27.2. The van der Waals surface area contributed by atoms with E-state index in [4.69, 9.17) is 0 Å². The molecular formula is C19H15N3O2S2. The zero-order valence-electron chi connectivity index (χ0n) is 13.7. The lowest BCUT2D eigenvalue weighted by atomic mass is 10.2. The quantitative estimate of drug-likeness (QED) is 0.559. The lowest BCUT2D eigenvalue weighted by Crippen LogP contribution is -2.14. The van der Waals surface area contributed by atoms with Crippen LogP contribution in [0.5, 0.6) is 0 Å². The topological polar surface area (TPSA) is 72.0 Å². The Hall–Kier alpha value is -2.77. The lowest BCUT2D eigenvalue weighted by molar-refractivity contribution is 0.600. The van der Waals surface area contributed by atoms with Gasteiger partial charge in [0.2, 0.25) is 10.0 Å². The van der Waals surface area contributed by atoms with Gasteiger partial charge in [0.15, 0.2) is 0 Å². The Morgan fingerprint density at radius 3 is 2.42 bits per heavy atom. The van der Waals surface area contributed by atoms with Gasteiger partial charge in [0.25, 0.3) is 0 Å². The number of anilines is 1. The molecule has 0 radical (unpaired) electrons. The normalized spacial score (nSPS) is 11.5. The molecule has 0 saturated carbocycles. The van der Waals surface area contributed by atoms with Gasteiger partial charge in [0.05, 0.1) is 5.75 Å². The Bertz CT molecular complexity index is 1110. The highest BCUT2D eigenvalue weighted by Crippen LogP contribution is 2.29. The number of nitrogens with zero attached hydrogens (tertiary/aromatic N) is 2. The summed E-state index contributed by atoms with van der Waals surface area (Å²) in [6, 6.07) is 20.1. The first-order chi connectivity index (χ1) is 12.6. The molecule has 26 heavy (non-hydrogen) atoms. The SMILES string of the molecule is O=S(=O)(Cc1ccccc1)Nc1ccc(-c2nc3cccnc3s2)cc1. The largest absolute Gasteiger partial charge is 0.283 e. The van der Waals surface area contributed by atoms with Crippen molar-refractivity contribution in [3.05, 3.63) is 78.5 Å². The first kappa shape index (κ1) is 16.7. The third-order valence-electron chi connectivity index (χ3n) is 3.77. The molecule has 0 atom stereocenters. The lowest BCUT2D eigenvalue weighted by Gasteiger charge is -2.08. The first-order valence-electron chi connectivity index (χ1n) is 7.95. The van der Waals surface area contributed by atoms with E-state index in [9.17, 15) is 8.42 Å². The first-order valence-corrected chi connectivity index (χ1v) is 10.4. The third kappa shape index (κ3) is 3.74. The Balaban J connectivity index is 1.52. The molecule has 5 nitrogen and oxygen atoms in total. The molecule has 0 amide bonds. The van der Waals surface area contributed by atoms with Crippen molar-refractivity contribution in [3.63, 3.8) is 0 Å². The number of aromatic nitrogens is 2. The van der Waals surface area contributed by atoms with Crippen molar-refractivity contribution in [2.24, 2.45) is 0 Å². The van der Waals surface area contributed by atoms with Crippen LogP contribution in [0, 0.1) is 0 Å². The van der Waals surface area contributed by atoms with E-state index in [1.807, 2.05) is 42.5 Å². The molecule has 0 spiro atoms. The van der Waals surface area contributed by atoms with Gasteiger partial charge in [-0.25, -0.2) is 18.4 Å². The molecule has 0 unspecified atom stereocenters. The second-order valence-electron chi connectivity index (χ2n) is 5.77. The molecule has 2 aromatic carbocycles. The van der Waals surface area contributed by atoms with Crippen molar-refractivity contribution < 1.29 is 8.42 Å².